The van der Waals surface area contributed by atoms with E-state index in [1.165, 1.54) is 7.11 Å². The molecule has 0 amide bonds. The van der Waals surface area contributed by atoms with E-state index in [0.717, 1.165) is 17.5 Å². The highest BCUT2D eigenvalue weighted by Gasteiger charge is 2.35. The lowest BCUT2D eigenvalue weighted by molar-refractivity contribution is 0.0499. The molecule has 3 nitrogen and oxygen atoms in total. The zero-order valence-electron chi connectivity index (χ0n) is 8.91. The SMILES string of the molecule is COC(=O)c1cccc2c1C(C)(O)CC2. The smallest absolute Gasteiger partial charge is 0.338 e. The molecule has 15 heavy (non-hydrogen) atoms. The van der Waals surface area contributed by atoms with Crippen molar-refractivity contribution in [3.63, 3.8) is 0 Å². The van der Waals surface area contributed by atoms with E-state index in [0.29, 0.717) is 12.0 Å². The molecule has 0 heterocycles. The van der Waals surface area contributed by atoms with Crippen molar-refractivity contribution in [1.82, 2.24) is 0 Å². The third-order valence-corrected chi connectivity index (χ3v) is 2.98. The first-order valence-electron chi connectivity index (χ1n) is 4.99. The van der Waals surface area contributed by atoms with Gasteiger partial charge >= 0.3 is 5.97 Å². The molecule has 1 unspecified atom stereocenters. The molecule has 3 heteroatoms. The topological polar surface area (TPSA) is 46.5 Å². The van der Waals surface area contributed by atoms with Crippen LogP contribution in [0.25, 0.3) is 0 Å². The van der Waals surface area contributed by atoms with E-state index in [1.54, 1.807) is 13.0 Å². The van der Waals surface area contributed by atoms with Crippen molar-refractivity contribution in [2.45, 2.75) is 25.4 Å². The van der Waals surface area contributed by atoms with Crippen molar-refractivity contribution < 1.29 is 14.6 Å². The van der Waals surface area contributed by atoms with Crippen LogP contribution in [0.15, 0.2) is 18.2 Å². The maximum absolute atomic E-state index is 11.5. The third-order valence-electron chi connectivity index (χ3n) is 2.98. The van der Waals surface area contributed by atoms with Crippen LogP contribution >= 0.6 is 0 Å². The highest BCUT2D eigenvalue weighted by molar-refractivity contribution is 5.92. The van der Waals surface area contributed by atoms with Crippen LogP contribution < -0.4 is 0 Å². The third kappa shape index (κ3) is 1.53. The Balaban J connectivity index is 2.59. The van der Waals surface area contributed by atoms with Crippen molar-refractivity contribution in [2.24, 2.45) is 0 Å². The van der Waals surface area contributed by atoms with E-state index in [9.17, 15) is 9.90 Å². The summed E-state index contributed by atoms with van der Waals surface area (Å²) in [7, 11) is 1.35. The minimum atomic E-state index is -0.903. The number of fused-ring (bicyclic) bond motifs is 1. The van der Waals surface area contributed by atoms with E-state index >= 15 is 0 Å². The van der Waals surface area contributed by atoms with Gasteiger partial charge in [0.25, 0.3) is 0 Å². The summed E-state index contributed by atoms with van der Waals surface area (Å²) in [6, 6.07) is 5.47. The predicted molar refractivity (Wildman–Crippen MR) is 55.7 cm³/mol. The number of carbonyl (C=O) groups excluding carboxylic acids is 1. The van der Waals surface area contributed by atoms with Gasteiger partial charge in [-0.15, -0.1) is 0 Å². The largest absolute Gasteiger partial charge is 0.465 e. The summed E-state index contributed by atoms with van der Waals surface area (Å²) in [5.41, 5.74) is 1.36. The Morgan fingerprint density at radius 3 is 2.93 bits per heavy atom. The lowest BCUT2D eigenvalue weighted by Gasteiger charge is -2.20. The molecule has 0 bridgehead atoms. The van der Waals surface area contributed by atoms with Crippen molar-refractivity contribution in [1.29, 1.82) is 0 Å². The van der Waals surface area contributed by atoms with Crippen LogP contribution in [0.1, 0.15) is 34.8 Å². The number of hydrogen-bond acceptors (Lipinski definition) is 3. The summed E-state index contributed by atoms with van der Waals surface area (Å²) >= 11 is 0. The van der Waals surface area contributed by atoms with Crippen LogP contribution in [0, 0.1) is 0 Å². The monoisotopic (exact) mass is 206 g/mol. The molecule has 80 valence electrons. The second-order valence-electron chi connectivity index (χ2n) is 4.11. The van der Waals surface area contributed by atoms with Gasteiger partial charge in [0, 0.05) is 5.56 Å². The fourth-order valence-corrected chi connectivity index (χ4v) is 2.23. The van der Waals surface area contributed by atoms with Gasteiger partial charge in [0.05, 0.1) is 18.3 Å². The molecule has 0 fully saturated rings. The van der Waals surface area contributed by atoms with Crippen LogP contribution in [0.4, 0.5) is 0 Å². The van der Waals surface area contributed by atoms with Gasteiger partial charge in [-0.1, -0.05) is 12.1 Å². The summed E-state index contributed by atoms with van der Waals surface area (Å²) in [5, 5.41) is 10.2. The van der Waals surface area contributed by atoms with E-state index < -0.39 is 5.60 Å². The highest BCUT2D eigenvalue weighted by Crippen LogP contribution is 2.38. The summed E-state index contributed by atoms with van der Waals surface area (Å²) in [6.45, 7) is 1.74. The summed E-state index contributed by atoms with van der Waals surface area (Å²) < 4.78 is 4.70. The van der Waals surface area contributed by atoms with Crippen LogP contribution in [0.5, 0.6) is 0 Å². The van der Waals surface area contributed by atoms with Crippen LogP contribution in [-0.2, 0) is 16.8 Å². The van der Waals surface area contributed by atoms with Crippen molar-refractivity contribution in [2.75, 3.05) is 7.11 Å². The number of aliphatic hydroxyl groups is 1. The number of methoxy groups -OCH3 is 1. The fourth-order valence-electron chi connectivity index (χ4n) is 2.23. The van der Waals surface area contributed by atoms with Crippen molar-refractivity contribution in [3.05, 3.63) is 34.9 Å². The maximum Gasteiger partial charge on any atom is 0.338 e. The fraction of sp³-hybridized carbons (Fsp3) is 0.417. The standard InChI is InChI=1S/C12H14O3/c1-12(14)7-6-8-4-3-5-9(10(8)12)11(13)15-2/h3-5,14H,6-7H2,1-2H3. The van der Waals surface area contributed by atoms with Gasteiger partial charge in [0.2, 0.25) is 0 Å². The van der Waals surface area contributed by atoms with Crippen LogP contribution in [-0.4, -0.2) is 18.2 Å². The molecule has 0 spiro atoms. The average Bonchev–Trinajstić information content (AvgIpc) is 2.54. The Morgan fingerprint density at radius 2 is 2.27 bits per heavy atom. The van der Waals surface area contributed by atoms with Gasteiger partial charge in [-0.05, 0) is 31.4 Å². The van der Waals surface area contributed by atoms with E-state index in [-0.39, 0.29) is 5.97 Å². The molecule has 0 saturated carbocycles. The molecule has 1 aromatic carbocycles. The first-order chi connectivity index (χ1) is 7.06. The van der Waals surface area contributed by atoms with E-state index in [4.69, 9.17) is 4.74 Å². The lowest BCUT2D eigenvalue weighted by Crippen LogP contribution is -2.20. The number of carbonyl (C=O) groups is 1. The highest BCUT2D eigenvalue weighted by atomic mass is 16.5. The molecule has 1 aliphatic rings. The Labute approximate surface area is 88.7 Å². The van der Waals surface area contributed by atoms with E-state index in [1.807, 2.05) is 12.1 Å². The van der Waals surface area contributed by atoms with Crippen molar-refractivity contribution in [3.8, 4) is 0 Å². The van der Waals surface area contributed by atoms with Gasteiger partial charge in [-0.25, -0.2) is 4.79 Å². The minimum Gasteiger partial charge on any atom is -0.465 e. The van der Waals surface area contributed by atoms with Gasteiger partial charge in [-0.2, -0.15) is 0 Å². The van der Waals surface area contributed by atoms with Gasteiger partial charge < -0.3 is 9.84 Å². The minimum absolute atomic E-state index is 0.381. The number of aryl methyl sites for hydroxylation is 1. The Hall–Kier alpha value is -1.35. The summed E-state index contributed by atoms with van der Waals surface area (Å²) in [6.07, 6.45) is 1.48. The Bertz CT molecular complexity index is 407. The number of esters is 1. The normalized spacial score (nSPS) is 23.7. The predicted octanol–water partition coefficient (Wildman–Crippen LogP) is 1.63. The van der Waals surface area contributed by atoms with E-state index in [2.05, 4.69) is 0 Å². The molecule has 1 N–H and O–H groups in total. The lowest BCUT2D eigenvalue weighted by atomic mass is 9.93. The molecule has 0 aliphatic heterocycles. The zero-order chi connectivity index (χ0) is 11.1. The number of benzene rings is 1. The van der Waals surface area contributed by atoms with Gasteiger partial charge in [0.1, 0.15) is 0 Å². The van der Waals surface area contributed by atoms with Crippen LogP contribution in [0.3, 0.4) is 0 Å². The van der Waals surface area contributed by atoms with Crippen LogP contribution in [0.2, 0.25) is 0 Å². The second-order valence-corrected chi connectivity index (χ2v) is 4.11. The molecule has 1 aliphatic carbocycles. The molecule has 1 atom stereocenters. The molecule has 2 rings (SSSR count). The Morgan fingerprint density at radius 1 is 1.53 bits per heavy atom. The first-order valence-corrected chi connectivity index (χ1v) is 4.99. The average molecular weight is 206 g/mol. The molecular formula is C12H14O3. The molecular weight excluding hydrogens is 192 g/mol. The quantitative estimate of drug-likeness (QED) is 0.710. The summed E-state index contributed by atoms with van der Waals surface area (Å²) in [5.74, 6) is -0.381. The number of rotatable bonds is 1. The first kappa shape index (κ1) is 10.2. The second kappa shape index (κ2) is 3.35. The molecule has 1 aromatic rings. The Kier molecular flexibility index (Phi) is 2.27. The van der Waals surface area contributed by atoms with Gasteiger partial charge in [0.15, 0.2) is 0 Å². The van der Waals surface area contributed by atoms with Crippen molar-refractivity contribution >= 4 is 5.97 Å². The van der Waals surface area contributed by atoms with Gasteiger partial charge in [-0.3, -0.25) is 0 Å². The number of hydrogen-bond donors (Lipinski definition) is 1. The summed E-state index contributed by atoms with van der Waals surface area (Å²) in [4.78, 5) is 11.5. The zero-order valence-corrected chi connectivity index (χ0v) is 8.91. The maximum atomic E-state index is 11.5. The molecule has 0 saturated heterocycles. The number of ether oxygens (including phenoxy) is 1. The molecule has 0 aromatic heterocycles. The molecule has 0 radical (unpaired) electrons.